The van der Waals surface area contributed by atoms with Crippen LogP contribution in [0.5, 0.6) is 0 Å². The molecule has 0 aliphatic heterocycles. The van der Waals surface area contributed by atoms with E-state index in [9.17, 15) is 14.9 Å². The number of halogens is 1. The highest BCUT2D eigenvalue weighted by Crippen LogP contribution is 2.35. The summed E-state index contributed by atoms with van der Waals surface area (Å²) in [6.07, 6.45) is 4.18. The number of nitrogens with one attached hydrogen (secondary N) is 1. The second-order valence-electron chi connectivity index (χ2n) is 5.10. The number of benzene rings is 1. The number of nitrogens with two attached hydrogens (primary N) is 1. The largest absolute Gasteiger partial charge is 0.323 e. The maximum Gasteiger partial charge on any atom is 0.124 e. The summed E-state index contributed by atoms with van der Waals surface area (Å²) in [4.78, 5) is 1.12. The van der Waals surface area contributed by atoms with Gasteiger partial charge in [0.1, 0.15) is 18.0 Å². The first-order valence-electron chi connectivity index (χ1n) is 7.18. The second kappa shape index (κ2) is 7.05. The number of nitrogens with zero attached hydrogens (tertiary/aromatic N) is 5. The smallest absolute Gasteiger partial charge is 0.124 e. The van der Waals surface area contributed by atoms with E-state index in [1.807, 2.05) is 6.07 Å². The molecule has 126 valence electrons. The van der Waals surface area contributed by atoms with Crippen molar-refractivity contribution in [2.45, 2.75) is 9.79 Å². The van der Waals surface area contributed by atoms with Crippen molar-refractivity contribution in [1.82, 2.24) is 9.61 Å². The third kappa shape index (κ3) is 3.11. The number of fused-ring (bicyclic) bond motifs is 1. The average molecular weight is 363 g/mol. The van der Waals surface area contributed by atoms with Crippen molar-refractivity contribution in [1.29, 1.82) is 15.9 Å². The van der Waals surface area contributed by atoms with Gasteiger partial charge in [0.15, 0.2) is 0 Å². The molecule has 9 heteroatoms. The summed E-state index contributed by atoms with van der Waals surface area (Å²) in [5.74, 6) is 4.60. The molecule has 3 rings (SSSR count). The van der Waals surface area contributed by atoms with Crippen LogP contribution < -0.4 is 5.84 Å². The van der Waals surface area contributed by atoms with Crippen LogP contribution in [0.15, 0.2) is 51.6 Å². The Balaban J connectivity index is 2.20. The quantitative estimate of drug-likeness (QED) is 0.418. The monoisotopic (exact) mass is 363 g/mol. The predicted molar refractivity (Wildman–Crippen MR) is 94.7 cm³/mol. The molecule has 0 saturated carbocycles. The summed E-state index contributed by atoms with van der Waals surface area (Å²) in [6.45, 7) is 0. The Labute approximate surface area is 151 Å². The van der Waals surface area contributed by atoms with E-state index in [0.717, 1.165) is 6.07 Å². The standard InChI is InChI=1S/C17H10FN7S/c18-13-1-2-15(10(3-13)5-19)26-16-4-11(14(21)8-23-22)9-25-17(16)12(6-20)7-24-25/h1-4,7-9,21H,22H2/b21-14?,23-8-. The van der Waals surface area contributed by atoms with Crippen LogP contribution in [0.25, 0.3) is 5.52 Å². The van der Waals surface area contributed by atoms with Crippen molar-refractivity contribution in [3.05, 3.63) is 59.2 Å². The van der Waals surface area contributed by atoms with Crippen molar-refractivity contribution in [2.75, 3.05) is 0 Å². The van der Waals surface area contributed by atoms with Gasteiger partial charge in [-0.1, -0.05) is 11.8 Å². The fraction of sp³-hybridized carbons (Fsp3) is 0. The molecule has 0 bridgehead atoms. The summed E-state index contributed by atoms with van der Waals surface area (Å²) >= 11 is 1.19. The first-order valence-corrected chi connectivity index (χ1v) is 8.00. The Bertz CT molecular complexity index is 1130. The molecule has 2 heterocycles. The number of rotatable bonds is 4. The van der Waals surface area contributed by atoms with Crippen LogP contribution in [0.4, 0.5) is 4.39 Å². The first kappa shape index (κ1) is 17.1. The maximum atomic E-state index is 13.4. The molecule has 7 nitrogen and oxygen atoms in total. The van der Waals surface area contributed by atoms with Gasteiger partial charge >= 0.3 is 0 Å². The fourth-order valence-electron chi connectivity index (χ4n) is 2.34. The van der Waals surface area contributed by atoms with E-state index in [0.29, 0.717) is 26.4 Å². The van der Waals surface area contributed by atoms with Crippen molar-refractivity contribution in [2.24, 2.45) is 10.9 Å². The highest BCUT2D eigenvalue weighted by molar-refractivity contribution is 7.99. The van der Waals surface area contributed by atoms with Crippen LogP contribution in [0.3, 0.4) is 0 Å². The minimum absolute atomic E-state index is 0.0601. The van der Waals surface area contributed by atoms with Crippen molar-refractivity contribution in [3.8, 4) is 12.1 Å². The number of hydrogen-bond donors (Lipinski definition) is 2. The zero-order valence-electron chi connectivity index (χ0n) is 13.1. The summed E-state index contributed by atoms with van der Waals surface area (Å²) in [5.41, 5.74) is 1.59. The lowest BCUT2D eigenvalue weighted by Gasteiger charge is -2.09. The van der Waals surface area contributed by atoms with E-state index in [2.05, 4.69) is 16.3 Å². The first-order chi connectivity index (χ1) is 12.6. The molecule has 1 aromatic carbocycles. The average Bonchev–Trinajstić information content (AvgIpc) is 3.06. The zero-order valence-corrected chi connectivity index (χ0v) is 14.0. The Kier molecular flexibility index (Phi) is 4.65. The van der Waals surface area contributed by atoms with E-state index in [1.54, 1.807) is 12.3 Å². The van der Waals surface area contributed by atoms with Crippen LogP contribution in [-0.2, 0) is 0 Å². The molecule has 0 radical (unpaired) electrons. The normalized spacial score (nSPS) is 10.7. The van der Waals surface area contributed by atoms with Gasteiger partial charge in [0, 0.05) is 21.6 Å². The Hall–Kier alpha value is -3.69. The molecule has 0 amide bonds. The number of pyridine rings is 1. The van der Waals surface area contributed by atoms with Crippen LogP contribution in [0.2, 0.25) is 0 Å². The van der Waals surface area contributed by atoms with Gasteiger partial charge in [0.05, 0.1) is 34.8 Å². The Morgan fingerprint density at radius 2 is 2.04 bits per heavy atom. The molecule has 0 spiro atoms. The van der Waals surface area contributed by atoms with Crippen molar-refractivity contribution < 1.29 is 4.39 Å². The van der Waals surface area contributed by atoms with Gasteiger partial charge < -0.3 is 5.84 Å². The molecule has 0 fully saturated rings. The fourth-order valence-corrected chi connectivity index (χ4v) is 3.41. The van der Waals surface area contributed by atoms with Gasteiger partial charge in [0.2, 0.25) is 0 Å². The van der Waals surface area contributed by atoms with Crippen LogP contribution >= 0.6 is 11.8 Å². The predicted octanol–water partition coefficient (Wildman–Crippen LogP) is 2.68. The second-order valence-corrected chi connectivity index (χ2v) is 6.19. The van der Waals surface area contributed by atoms with Gasteiger partial charge in [-0.3, -0.25) is 5.41 Å². The van der Waals surface area contributed by atoms with Crippen molar-refractivity contribution in [3.63, 3.8) is 0 Å². The lowest BCUT2D eigenvalue weighted by atomic mass is 10.1. The Morgan fingerprint density at radius 3 is 2.73 bits per heavy atom. The van der Waals surface area contributed by atoms with Crippen LogP contribution in [0, 0.1) is 33.9 Å². The minimum atomic E-state index is -0.507. The third-order valence-electron chi connectivity index (χ3n) is 3.49. The molecule has 3 N–H and O–H groups in total. The number of hydrogen-bond acceptors (Lipinski definition) is 7. The van der Waals surface area contributed by atoms with Crippen LogP contribution in [0.1, 0.15) is 16.7 Å². The van der Waals surface area contributed by atoms with E-state index in [1.165, 1.54) is 40.8 Å². The molecule has 0 aliphatic carbocycles. The SMILES string of the molecule is N#Cc1cc(F)ccc1Sc1cc(C(=N)/C=N\N)cn2ncc(C#N)c12. The molecular formula is C17H10FN7S. The van der Waals surface area contributed by atoms with Gasteiger partial charge in [-0.15, -0.1) is 0 Å². The molecule has 3 aromatic rings. The molecule has 0 aliphatic rings. The zero-order chi connectivity index (χ0) is 18.7. The number of aromatic nitrogens is 2. The van der Waals surface area contributed by atoms with Gasteiger partial charge in [-0.05, 0) is 24.3 Å². The minimum Gasteiger partial charge on any atom is -0.323 e. The highest BCUT2D eigenvalue weighted by atomic mass is 32.2. The third-order valence-corrected chi connectivity index (χ3v) is 4.60. The highest BCUT2D eigenvalue weighted by Gasteiger charge is 2.15. The lowest BCUT2D eigenvalue weighted by molar-refractivity contribution is 0.626. The summed E-state index contributed by atoms with van der Waals surface area (Å²) < 4.78 is 14.9. The summed E-state index contributed by atoms with van der Waals surface area (Å²) in [7, 11) is 0. The van der Waals surface area contributed by atoms with Gasteiger partial charge in [-0.25, -0.2) is 8.91 Å². The summed E-state index contributed by atoms with van der Waals surface area (Å²) in [5, 5.41) is 34.0. The van der Waals surface area contributed by atoms with E-state index < -0.39 is 5.82 Å². The van der Waals surface area contributed by atoms with E-state index in [4.69, 9.17) is 11.3 Å². The van der Waals surface area contributed by atoms with Crippen molar-refractivity contribution >= 4 is 29.2 Å². The molecule has 2 aromatic heterocycles. The number of hydrazone groups is 1. The lowest BCUT2D eigenvalue weighted by Crippen LogP contribution is -2.05. The molecule has 0 saturated heterocycles. The molecular weight excluding hydrogens is 353 g/mol. The van der Waals surface area contributed by atoms with E-state index >= 15 is 0 Å². The molecule has 0 unspecified atom stereocenters. The van der Waals surface area contributed by atoms with Gasteiger partial charge in [-0.2, -0.15) is 20.7 Å². The molecule has 26 heavy (non-hydrogen) atoms. The van der Waals surface area contributed by atoms with E-state index in [-0.39, 0.29) is 11.3 Å². The molecule has 0 atom stereocenters. The van der Waals surface area contributed by atoms with Gasteiger partial charge in [0.25, 0.3) is 0 Å². The topological polar surface area (TPSA) is 127 Å². The number of nitriles is 2. The summed E-state index contributed by atoms with van der Waals surface area (Å²) in [6, 6.07) is 9.60. The maximum absolute atomic E-state index is 13.4. The Morgan fingerprint density at radius 1 is 1.27 bits per heavy atom. The van der Waals surface area contributed by atoms with Crippen LogP contribution in [-0.4, -0.2) is 21.5 Å².